The Kier molecular flexibility index (Phi) is 4.91. The van der Waals surface area contributed by atoms with Gasteiger partial charge in [0.1, 0.15) is 5.82 Å². The number of carbonyl (C=O) groups is 2. The topological polar surface area (TPSA) is 58.2 Å². The molecule has 26 heavy (non-hydrogen) atoms. The van der Waals surface area contributed by atoms with Gasteiger partial charge in [-0.3, -0.25) is 9.59 Å². The Morgan fingerprint density at radius 3 is 2.35 bits per heavy atom. The fraction of sp³-hybridized carbons (Fsp3) is 0.600. The molecule has 0 atom stereocenters. The van der Waals surface area contributed by atoms with Gasteiger partial charge in [0, 0.05) is 19.0 Å². The molecule has 140 valence electrons. The molecule has 2 N–H and O–H groups in total. The summed E-state index contributed by atoms with van der Waals surface area (Å²) in [7, 11) is 0. The highest BCUT2D eigenvalue weighted by Crippen LogP contribution is 2.53. The molecule has 0 heterocycles. The van der Waals surface area contributed by atoms with Gasteiger partial charge in [-0.2, -0.15) is 0 Å². The van der Waals surface area contributed by atoms with E-state index in [4.69, 9.17) is 11.6 Å². The molecule has 4 nitrogen and oxygen atoms in total. The summed E-state index contributed by atoms with van der Waals surface area (Å²) in [5, 5.41) is 5.98. The van der Waals surface area contributed by atoms with E-state index in [1.165, 1.54) is 44.2 Å². The van der Waals surface area contributed by atoms with Crippen LogP contribution in [0.1, 0.15) is 48.9 Å². The number of hydrogen-bond acceptors (Lipinski definition) is 2. The summed E-state index contributed by atoms with van der Waals surface area (Å²) >= 11 is 5.88. The first-order valence-electron chi connectivity index (χ1n) is 9.52. The third kappa shape index (κ3) is 3.59. The zero-order valence-corrected chi connectivity index (χ0v) is 15.4. The lowest BCUT2D eigenvalue weighted by Crippen LogP contribution is -2.56. The van der Waals surface area contributed by atoms with E-state index >= 15 is 0 Å². The number of nitrogens with one attached hydrogen (secondary N) is 2. The summed E-state index contributed by atoms with van der Waals surface area (Å²) in [6.45, 7) is 0.242. The van der Waals surface area contributed by atoms with Gasteiger partial charge in [-0.25, -0.2) is 4.39 Å². The van der Waals surface area contributed by atoms with Crippen LogP contribution in [0.3, 0.4) is 0 Å². The largest absolute Gasteiger partial charge is 0.353 e. The molecule has 0 spiro atoms. The van der Waals surface area contributed by atoms with Crippen LogP contribution in [0, 0.1) is 29.5 Å². The molecule has 0 aliphatic heterocycles. The summed E-state index contributed by atoms with van der Waals surface area (Å²) in [5.41, 5.74) is 0.217. The van der Waals surface area contributed by atoms with Crippen molar-refractivity contribution in [1.29, 1.82) is 0 Å². The molecule has 4 bridgehead atoms. The number of rotatable bonds is 5. The van der Waals surface area contributed by atoms with Crippen LogP contribution >= 0.6 is 11.6 Å². The predicted octanol–water partition coefficient (Wildman–Crippen LogP) is 3.54. The highest BCUT2D eigenvalue weighted by atomic mass is 35.5. The Hall–Kier alpha value is -1.62. The Morgan fingerprint density at radius 2 is 1.73 bits per heavy atom. The van der Waals surface area contributed by atoms with E-state index in [0.717, 1.165) is 17.9 Å². The molecule has 4 aliphatic carbocycles. The minimum Gasteiger partial charge on any atom is -0.353 e. The van der Waals surface area contributed by atoms with Crippen LogP contribution in [0.2, 0.25) is 5.02 Å². The quantitative estimate of drug-likeness (QED) is 0.823. The summed E-state index contributed by atoms with van der Waals surface area (Å²) in [4.78, 5) is 24.4. The predicted molar refractivity (Wildman–Crippen MR) is 97.3 cm³/mol. The number of amides is 2. The van der Waals surface area contributed by atoms with Crippen LogP contribution in [0.5, 0.6) is 0 Å². The van der Waals surface area contributed by atoms with Gasteiger partial charge < -0.3 is 10.6 Å². The fourth-order valence-corrected chi connectivity index (χ4v) is 5.73. The summed E-state index contributed by atoms with van der Waals surface area (Å²) in [5.74, 6) is 2.16. The van der Waals surface area contributed by atoms with Gasteiger partial charge in [-0.05, 0) is 74.0 Å². The second-order valence-electron chi connectivity index (χ2n) is 8.15. The van der Waals surface area contributed by atoms with Crippen molar-refractivity contribution in [2.45, 2.75) is 44.6 Å². The number of carbonyl (C=O) groups excluding carboxylic acids is 2. The van der Waals surface area contributed by atoms with E-state index in [1.807, 2.05) is 0 Å². The summed E-state index contributed by atoms with van der Waals surface area (Å²) in [6, 6.07) is 3.97. The van der Waals surface area contributed by atoms with Gasteiger partial charge in [-0.1, -0.05) is 11.6 Å². The standard InChI is InChI=1S/C20H24ClFN2O2/c21-17-10-15(22)1-2-16(17)20(26)23-4-3-18(25)24-19-13-6-11-5-12(8-13)9-14(19)7-11/h1-2,10-14,19H,3-9H2,(H,23,26)(H,24,25). The second kappa shape index (κ2) is 7.18. The highest BCUT2D eigenvalue weighted by Gasteiger charge is 2.48. The molecule has 0 radical (unpaired) electrons. The van der Waals surface area contributed by atoms with E-state index in [-0.39, 0.29) is 29.5 Å². The van der Waals surface area contributed by atoms with Crippen molar-refractivity contribution in [2.24, 2.45) is 23.7 Å². The minimum absolute atomic E-state index is 0.00650. The number of benzene rings is 1. The lowest BCUT2D eigenvalue weighted by molar-refractivity contribution is -0.124. The van der Waals surface area contributed by atoms with Crippen LogP contribution in [-0.2, 0) is 4.79 Å². The van der Waals surface area contributed by atoms with Crippen molar-refractivity contribution >= 4 is 23.4 Å². The van der Waals surface area contributed by atoms with Crippen molar-refractivity contribution in [3.05, 3.63) is 34.6 Å². The molecule has 1 aromatic rings. The molecule has 0 saturated heterocycles. The third-order valence-corrected chi connectivity index (χ3v) is 6.68. The van der Waals surface area contributed by atoms with E-state index in [2.05, 4.69) is 10.6 Å². The molecular weight excluding hydrogens is 355 g/mol. The Bertz CT molecular complexity index is 696. The smallest absolute Gasteiger partial charge is 0.252 e. The van der Waals surface area contributed by atoms with Gasteiger partial charge >= 0.3 is 0 Å². The molecule has 6 heteroatoms. The molecule has 0 unspecified atom stereocenters. The van der Waals surface area contributed by atoms with Crippen LogP contribution in [-0.4, -0.2) is 24.4 Å². The molecule has 1 aromatic carbocycles. The molecule has 5 rings (SSSR count). The van der Waals surface area contributed by atoms with Crippen LogP contribution in [0.15, 0.2) is 18.2 Å². The average Bonchev–Trinajstić information content (AvgIpc) is 2.57. The maximum atomic E-state index is 13.0. The molecule has 4 aliphatic rings. The first-order chi connectivity index (χ1) is 12.5. The van der Waals surface area contributed by atoms with Crippen molar-refractivity contribution in [3.63, 3.8) is 0 Å². The van der Waals surface area contributed by atoms with Gasteiger partial charge in [-0.15, -0.1) is 0 Å². The molecule has 2 amide bonds. The minimum atomic E-state index is -0.485. The molecular formula is C20H24ClFN2O2. The van der Waals surface area contributed by atoms with Crippen molar-refractivity contribution < 1.29 is 14.0 Å². The summed E-state index contributed by atoms with van der Waals surface area (Å²) < 4.78 is 13.0. The van der Waals surface area contributed by atoms with E-state index in [1.54, 1.807) is 0 Å². The van der Waals surface area contributed by atoms with Crippen molar-refractivity contribution in [3.8, 4) is 0 Å². The average molecular weight is 379 g/mol. The maximum Gasteiger partial charge on any atom is 0.252 e. The monoisotopic (exact) mass is 378 g/mol. The SMILES string of the molecule is O=C(CCNC(=O)c1ccc(F)cc1Cl)NC1C2CC3CC(C2)CC1C3. The van der Waals surface area contributed by atoms with Gasteiger partial charge in [0.05, 0.1) is 10.6 Å². The van der Waals surface area contributed by atoms with Crippen LogP contribution in [0.25, 0.3) is 0 Å². The van der Waals surface area contributed by atoms with Crippen LogP contribution < -0.4 is 10.6 Å². The van der Waals surface area contributed by atoms with Crippen molar-refractivity contribution in [1.82, 2.24) is 10.6 Å². The Balaban J connectivity index is 1.25. The lowest BCUT2D eigenvalue weighted by atomic mass is 9.54. The van der Waals surface area contributed by atoms with Gasteiger partial charge in [0.15, 0.2) is 0 Å². The zero-order valence-electron chi connectivity index (χ0n) is 14.6. The fourth-order valence-electron chi connectivity index (χ4n) is 5.48. The van der Waals surface area contributed by atoms with E-state index in [0.29, 0.717) is 17.9 Å². The van der Waals surface area contributed by atoms with Crippen molar-refractivity contribution in [2.75, 3.05) is 6.54 Å². The maximum absolute atomic E-state index is 13.0. The first kappa shape index (κ1) is 17.8. The van der Waals surface area contributed by atoms with Gasteiger partial charge in [0.25, 0.3) is 5.91 Å². The highest BCUT2D eigenvalue weighted by molar-refractivity contribution is 6.33. The van der Waals surface area contributed by atoms with E-state index in [9.17, 15) is 14.0 Å². The lowest BCUT2D eigenvalue weighted by Gasteiger charge is -2.54. The molecule has 0 aromatic heterocycles. The Labute approximate surface area is 157 Å². The normalized spacial score (nSPS) is 31.7. The first-order valence-corrected chi connectivity index (χ1v) is 9.90. The number of halogens is 2. The molecule has 4 saturated carbocycles. The second-order valence-corrected chi connectivity index (χ2v) is 8.56. The number of hydrogen-bond donors (Lipinski definition) is 2. The van der Waals surface area contributed by atoms with Gasteiger partial charge in [0.2, 0.25) is 5.91 Å². The third-order valence-electron chi connectivity index (χ3n) is 6.37. The molecule has 4 fully saturated rings. The zero-order chi connectivity index (χ0) is 18.3. The van der Waals surface area contributed by atoms with Crippen LogP contribution in [0.4, 0.5) is 4.39 Å². The summed E-state index contributed by atoms with van der Waals surface area (Å²) in [6.07, 6.45) is 6.68. The Morgan fingerprint density at radius 1 is 1.08 bits per heavy atom. The van der Waals surface area contributed by atoms with E-state index < -0.39 is 11.7 Å².